The largest absolute Gasteiger partial charge is 0.381 e. The molecule has 1 N–H and O–H groups in total. The first-order valence-corrected chi connectivity index (χ1v) is 7.43. The number of rotatable bonds is 4. The van der Waals surface area contributed by atoms with E-state index in [1.54, 1.807) is 6.07 Å². The molecule has 3 rings (SSSR count). The molecule has 1 heterocycles. The fourth-order valence-corrected chi connectivity index (χ4v) is 2.38. The minimum Gasteiger partial charge on any atom is -0.381 e. The van der Waals surface area contributed by atoms with Crippen LogP contribution in [-0.2, 0) is 6.54 Å². The topological polar surface area (TPSA) is 17.0 Å². The van der Waals surface area contributed by atoms with Crippen molar-refractivity contribution in [3.63, 3.8) is 0 Å². The van der Waals surface area contributed by atoms with Gasteiger partial charge in [-0.05, 0) is 64.0 Å². The van der Waals surface area contributed by atoms with Gasteiger partial charge in [0.1, 0.15) is 5.82 Å². The molecule has 0 amide bonds. The van der Waals surface area contributed by atoms with Gasteiger partial charge in [-0.15, -0.1) is 0 Å². The lowest BCUT2D eigenvalue weighted by molar-refractivity contribution is 0.619. The molecule has 0 radical (unpaired) electrons. The van der Waals surface area contributed by atoms with Crippen LogP contribution in [0.15, 0.2) is 71.5 Å². The Balaban J connectivity index is 1.73. The molecule has 0 saturated carbocycles. The van der Waals surface area contributed by atoms with Crippen molar-refractivity contribution in [2.45, 2.75) is 6.54 Å². The second-order valence-electron chi connectivity index (χ2n) is 4.74. The van der Waals surface area contributed by atoms with E-state index >= 15 is 0 Å². The summed E-state index contributed by atoms with van der Waals surface area (Å²) in [5, 5.41) is 3.31. The first kappa shape index (κ1) is 13.9. The second-order valence-corrected chi connectivity index (χ2v) is 5.60. The molecule has 0 spiro atoms. The zero-order valence-electron chi connectivity index (χ0n) is 11.3. The summed E-state index contributed by atoms with van der Waals surface area (Å²) in [7, 11) is 0. The summed E-state index contributed by atoms with van der Waals surface area (Å²) < 4.78 is 16.0. The monoisotopic (exact) mass is 344 g/mol. The van der Waals surface area contributed by atoms with Gasteiger partial charge in [-0.1, -0.05) is 12.1 Å². The van der Waals surface area contributed by atoms with Gasteiger partial charge >= 0.3 is 0 Å². The summed E-state index contributed by atoms with van der Waals surface area (Å²) in [5.74, 6) is -0.240. The van der Waals surface area contributed by atoms with Crippen molar-refractivity contribution < 1.29 is 4.39 Å². The van der Waals surface area contributed by atoms with Gasteiger partial charge in [0.2, 0.25) is 0 Å². The number of hydrogen-bond donors (Lipinski definition) is 1. The maximum absolute atomic E-state index is 13.5. The molecule has 2 nitrogen and oxygen atoms in total. The molecule has 0 atom stereocenters. The molecule has 0 aliphatic carbocycles. The number of nitrogens with one attached hydrogen (secondary N) is 1. The van der Waals surface area contributed by atoms with Gasteiger partial charge in [-0.3, -0.25) is 0 Å². The summed E-state index contributed by atoms with van der Waals surface area (Å²) in [6.07, 6.45) is 4.01. The van der Waals surface area contributed by atoms with Gasteiger partial charge in [0, 0.05) is 30.3 Å². The van der Waals surface area contributed by atoms with Crippen LogP contribution in [0.25, 0.3) is 5.69 Å². The van der Waals surface area contributed by atoms with Crippen molar-refractivity contribution in [1.82, 2.24) is 4.57 Å². The standard InChI is InChI=1S/C17H14BrFN2/c18-16-7-6-13(10-17(16)19)12-20-14-4-3-5-15(11-14)21-8-1-2-9-21/h1-11,20H,12H2. The van der Waals surface area contributed by atoms with Crippen molar-refractivity contribution in [2.75, 3.05) is 5.32 Å². The van der Waals surface area contributed by atoms with Crippen molar-refractivity contribution in [3.05, 3.63) is 82.8 Å². The minimum absolute atomic E-state index is 0.240. The minimum atomic E-state index is -0.240. The van der Waals surface area contributed by atoms with Gasteiger partial charge in [-0.25, -0.2) is 4.39 Å². The van der Waals surface area contributed by atoms with Gasteiger partial charge < -0.3 is 9.88 Å². The van der Waals surface area contributed by atoms with Gasteiger partial charge in [-0.2, -0.15) is 0 Å². The molecule has 0 unspecified atom stereocenters. The number of hydrogen-bond acceptors (Lipinski definition) is 1. The molecular formula is C17H14BrFN2. The Hall–Kier alpha value is -2.07. The predicted octanol–water partition coefficient (Wildman–Crippen LogP) is 4.99. The highest BCUT2D eigenvalue weighted by Gasteiger charge is 2.01. The average molecular weight is 345 g/mol. The van der Waals surface area contributed by atoms with Crippen LogP contribution in [0.2, 0.25) is 0 Å². The lowest BCUT2D eigenvalue weighted by Crippen LogP contribution is -2.01. The molecule has 21 heavy (non-hydrogen) atoms. The summed E-state index contributed by atoms with van der Waals surface area (Å²) in [6, 6.07) is 17.3. The molecule has 106 valence electrons. The first-order chi connectivity index (χ1) is 10.2. The fourth-order valence-electron chi connectivity index (χ4n) is 2.14. The SMILES string of the molecule is Fc1cc(CNc2cccc(-n3cccc3)c2)ccc1Br. The highest BCUT2D eigenvalue weighted by Crippen LogP contribution is 2.19. The number of aromatic nitrogens is 1. The summed E-state index contributed by atoms with van der Waals surface area (Å²) >= 11 is 3.16. The van der Waals surface area contributed by atoms with Crippen molar-refractivity contribution in [1.29, 1.82) is 0 Å². The molecule has 0 bridgehead atoms. The van der Waals surface area contributed by atoms with Crippen LogP contribution < -0.4 is 5.32 Å². The Morgan fingerprint density at radius 2 is 1.81 bits per heavy atom. The van der Waals surface area contributed by atoms with Crippen LogP contribution in [0.5, 0.6) is 0 Å². The van der Waals surface area contributed by atoms with Crippen LogP contribution in [0, 0.1) is 5.82 Å². The maximum Gasteiger partial charge on any atom is 0.137 e. The molecule has 4 heteroatoms. The number of nitrogens with zero attached hydrogens (tertiary/aromatic N) is 1. The third-order valence-corrected chi connectivity index (χ3v) is 3.87. The molecular weight excluding hydrogens is 331 g/mol. The van der Waals surface area contributed by atoms with E-state index in [-0.39, 0.29) is 5.82 Å². The van der Waals surface area contributed by atoms with Crippen LogP contribution in [-0.4, -0.2) is 4.57 Å². The smallest absolute Gasteiger partial charge is 0.137 e. The fraction of sp³-hybridized carbons (Fsp3) is 0.0588. The number of anilines is 1. The summed E-state index contributed by atoms with van der Waals surface area (Å²) in [5.41, 5.74) is 3.00. The predicted molar refractivity (Wildman–Crippen MR) is 87.2 cm³/mol. The Bertz CT molecular complexity index is 738. The van der Waals surface area contributed by atoms with E-state index in [9.17, 15) is 4.39 Å². The van der Waals surface area contributed by atoms with Crippen LogP contribution in [0.4, 0.5) is 10.1 Å². The highest BCUT2D eigenvalue weighted by molar-refractivity contribution is 9.10. The quantitative estimate of drug-likeness (QED) is 0.705. The Morgan fingerprint density at radius 3 is 2.57 bits per heavy atom. The Kier molecular flexibility index (Phi) is 4.06. The van der Waals surface area contributed by atoms with E-state index in [2.05, 4.69) is 27.3 Å². The molecule has 0 aliphatic rings. The molecule has 1 aromatic heterocycles. The lowest BCUT2D eigenvalue weighted by atomic mass is 10.2. The summed E-state index contributed by atoms with van der Waals surface area (Å²) in [4.78, 5) is 0. The van der Waals surface area contributed by atoms with Crippen molar-refractivity contribution in [2.24, 2.45) is 0 Å². The molecule has 0 aliphatic heterocycles. The normalized spacial score (nSPS) is 10.6. The molecule has 0 fully saturated rings. The number of halogens is 2. The maximum atomic E-state index is 13.5. The lowest BCUT2D eigenvalue weighted by Gasteiger charge is -2.10. The van der Waals surface area contributed by atoms with Crippen molar-refractivity contribution >= 4 is 21.6 Å². The van der Waals surface area contributed by atoms with Crippen LogP contribution in [0.1, 0.15) is 5.56 Å². The third kappa shape index (κ3) is 3.34. The zero-order chi connectivity index (χ0) is 14.7. The highest BCUT2D eigenvalue weighted by atomic mass is 79.9. The van der Waals surface area contributed by atoms with Crippen LogP contribution >= 0.6 is 15.9 Å². The van der Waals surface area contributed by atoms with Gasteiger partial charge in [0.25, 0.3) is 0 Å². The Morgan fingerprint density at radius 1 is 1.00 bits per heavy atom. The zero-order valence-corrected chi connectivity index (χ0v) is 12.8. The van der Waals surface area contributed by atoms with Crippen molar-refractivity contribution in [3.8, 4) is 5.69 Å². The van der Waals surface area contributed by atoms with E-state index in [0.29, 0.717) is 11.0 Å². The van der Waals surface area contributed by atoms with Gasteiger partial charge in [0.15, 0.2) is 0 Å². The third-order valence-electron chi connectivity index (χ3n) is 3.23. The van der Waals surface area contributed by atoms with Crippen LogP contribution in [0.3, 0.4) is 0 Å². The molecule has 2 aromatic carbocycles. The van der Waals surface area contributed by atoms with E-state index in [1.165, 1.54) is 6.07 Å². The van der Waals surface area contributed by atoms with E-state index in [4.69, 9.17) is 0 Å². The molecule has 3 aromatic rings. The first-order valence-electron chi connectivity index (χ1n) is 6.63. The van der Waals surface area contributed by atoms with E-state index in [1.807, 2.05) is 53.4 Å². The number of benzene rings is 2. The summed E-state index contributed by atoms with van der Waals surface area (Å²) in [6.45, 7) is 0.583. The second kappa shape index (κ2) is 6.14. The van der Waals surface area contributed by atoms with E-state index in [0.717, 1.165) is 16.9 Å². The molecule has 0 saturated heterocycles. The van der Waals surface area contributed by atoms with E-state index < -0.39 is 0 Å². The average Bonchev–Trinajstić information content (AvgIpc) is 3.03. The Labute approximate surface area is 131 Å². The van der Waals surface area contributed by atoms with Gasteiger partial charge in [0.05, 0.1) is 4.47 Å².